The third-order valence-corrected chi connectivity index (χ3v) is 10.1. The lowest BCUT2D eigenvalue weighted by atomic mass is 10.0. The summed E-state index contributed by atoms with van der Waals surface area (Å²) in [5, 5.41) is 6.49. The Balaban J connectivity index is 1.14. The predicted molar refractivity (Wildman–Crippen MR) is 168 cm³/mol. The molecule has 4 heterocycles. The number of nitrogens with zero attached hydrogens (tertiary/aromatic N) is 6. The Morgan fingerprint density at radius 1 is 0.907 bits per heavy atom. The molecule has 2 saturated heterocycles. The maximum atomic E-state index is 12.9. The van der Waals surface area contributed by atoms with Crippen LogP contribution in [-0.2, 0) is 10.0 Å². The fourth-order valence-corrected chi connectivity index (χ4v) is 7.16. The first kappa shape index (κ1) is 29.8. The number of sulfonamides is 1. The molecule has 2 aliphatic heterocycles. The van der Waals surface area contributed by atoms with Crippen molar-refractivity contribution >= 4 is 50.6 Å². The van der Waals surface area contributed by atoms with Crippen molar-refractivity contribution in [1.82, 2.24) is 29.5 Å². The number of anilines is 5. The van der Waals surface area contributed by atoms with E-state index in [0.29, 0.717) is 23.3 Å². The number of hydrogen-bond donors (Lipinski definition) is 3. The predicted octanol–water partition coefficient (Wildman–Crippen LogP) is 3.68. The first-order valence-electron chi connectivity index (χ1n) is 14.7. The lowest BCUT2D eigenvalue weighted by molar-refractivity contribution is 0.0981. The van der Waals surface area contributed by atoms with Gasteiger partial charge in [0, 0.05) is 51.4 Å². The van der Waals surface area contributed by atoms with Crippen LogP contribution in [0.15, 0.2) is 47.5 Å². The molecule has 0 spiro atoms. The summed E-state index contributed by atoms with van der Waals surface area (Å²) >= 11 is 6.41. The molecule has 14 heteroatoms. The molecule has 3 fully saturated rings. The van der Waals surface area contributed by atoms with Gasteiger partial charge in [0.05, 0.1) is 19.0 Å². The van der Waals surface area contributed by atoms with E-state index in [4.69, 9.17) is 21.3 Å². The number of rotatable bonds is 10. The largest absolute Gasteiger partial charge is 0.479 e. The van der Waals surface area contributed by atoms with E-state index < -0.39 is 10.0 Å². The molecule has 0 amide bonds. The summed E-state index contributed by atoms with van der Waals surface area (Å²) < 4.78 is 34.2. The number of hydrogen-bond acceptors (Lipinski definition) is 11. The fraction of sp³-hybridized carbons (Fsp3) is 0.483. The molecule has 2 aromatic heterocycles. The van der Waals surface area contributed by atoms with E-state index in [-0.39, 0.29) is 27.7 Å². The number of piperidine rings is 1. The van der Waals surface area contributed by atoms with Crippen molar-refractivity contribution in [1.29, 1.82) is 0 Å². The number of nitrogens with one attached hydrogen (secondary N) is 3. The number of para-hydroxylation sites is 1. The molecule has 230 valence electrons. The van der Waals surface area contributed by atoms with Crippen LogP contribution in [0.2, 0.25) is 5.02 Å². The number of likely N-dealkylation sites (N-methyl/N-ethyl adjacent to an activating group) is 1. The highest BCUT2D eigenvalue weighted by Crippen LogP contribution is 2.33. The van der Waals surface area contributed by atoms with E-state index in [0.717, 1.165) is 70.8 Å². The second kappa shape index (κ2) is 12.8. The second-order valence-electron chi connectivity index (χ2n) is 11.3. The van der Waals surface area contributed by atoms with Gasteiger partial charge >= 0.3 is 0 Å². The zero-order chi connectivity index (χ0) is 30.0. The molecule has 0 bridgehead atoms. The van der Waals surface area contributed by atoms with Crippen LogP contribution in [0.3, 0.4) is 0 Å². The van der Waals surface area contributed by atoms with Gasteiger partial charge in [0.15, 0.2) is 5.82 Å². The molecule has 6 rings (SSSR count). The average Bonchev–Trinajstić information content (AvgIpc) is 3.83. The van der Waals surface area contributed by atoms with Crippen molar-refractivity contribution in [3.63, 3.8) is 0 Å². The molecule has 12 nitrogen and oxygen atoms in total. The molecule has 3 aromatic rings. The van der Waals surface area contributed by atoms with Gasteiger partial charge in [-0.25, -0.2) is 18.1 Å². The van der Waals surface area contributed by atoms with Gasteiger partial charge in [-0.3, -0.25) is 4.90 Å². The number of ether oxygens (including phenoxy) is 1. The SMILES string of the molecule is COc1nc(N2CCC(N3CCN(C)CC3)CC2)ccc1Nc1ncc(Cl)c(Nc2ccccc2S(=O)(=O)NC2CC2)n1. The summed E-state index contributed by atoms with van der Waals surface area (Å²) in [6.07, 6.45) is 5.37. The molecule has 3 aliphatic rings. The third kappa shape index (κ3) is 7.13. The quantitative estimate of drug-likeness (QED) is 0.305. The van der Waals surface area contributed by atoms with Gasteiger partial charge in [-0.05, 0) is 57.0 Å². The summed E-state index contributed by atoms with van der Waals surface area (Å²) in [4.78, 5) is 21.1. The van der Waals surface area contributed by atoms with Gasteiger partial charge in [-0.15, -0.1) is 0 Å². The van der Waals surface area contributed by atoms with Crippen LogP contribution in [-0.4, -0.2) is 98.7 Å². The second-order valence-corrected chi connectivity index (χ2v) is 13.4. The van der Waals surface area contributed by atoms with Crippen LogP contribution in [0.4, 0.5) is 29.0 Å². The Bertz CT molecular complexity index is 1540. The van der Waals surface area contributed by atoms with Crippen LogP contribution in [0.1, 0.15) is 25.7 Å². The molecule has 43 heavy (non-hydrogen) atoms. The van der Waals surface area contributed by atoms with E-state index >= 15 is 0 Å². The lowest BCUT2D eigenvalue weighted by Crippen LogP contribution is -2.52. The molecular weight excluding hydrogens is 590 g/mol. The Morgan fingerprint density at radius 3 is 2.37 bits per heavy atom. The Labute approximate surface area is 257 Å². The smallest absolute Gasteiger partial charge is 0.242 e. The Morgan fingerprint density at radius 2 is 1.65 bits per heavy atom. The highest BCUT2D eigenvalue weighted by Gasteiger charge is 2.30. The van der Waals surface area contributed by atoms with Gasteiger partial charge in [-0.1, -0.05) is 23.7 Å². The molecule has 3 N–H and O–H groups in total. The van der Waals surface area contributed by atoms with Gasteiger partial charge in [0.1, 0.15) is 21.4 Å². The number of piperazine rings is 1. The van der Waals surface area contributed by atoms with Crippen molar-refractivity contribution in [2.75, 3.05) is 69.0 Å². The third-order valence-electron chi connectivity index (χ3n) is 8.20. The topological polar surface area (TPSA) is 128 Å². The van der Waals surface area contributed by atoms with Crippen LogP contribution in [0.5, 0.6) is 5.88 Å². The van der Waals surface area contributed by atoms with Gasteiger partial charge in [-0.2, -0.15) is 9.97 Å². The number of aromatic nitrogens is 3. The maximum Gasteiger partial charge on any atom is 0.242 e. The van der Waals surface area contributed by atoms with Crippen LogP contribution in [0.25, 0.3) is 0 Å². The van der Waals surface area contributed by atoms with Crippen LogP contribution in [0, 0.1) is 0 Å². The molecule has 0 radical (unpaired) electrons. The summed E-state index contributed by atoms with van der Waals surface area (Å²) in [6.45, 7) is 6.44. The van der Waals surface area contributed by atoms with Gasteiger partial charge in [0.2, 0.25) is 21.9 Å². The normalized spacial score (nSPS) is 18.9. The Hall–Kier alpha value is -3.23. The van der Waals surface area contributed by atoms with Crippen molar-refractivity contribution in [2.24, 2.45) is 0 Å². The van der Waals surface area contributed by atoms with E-state index in [1.54, 1.807) is 31.4 Å². The van der Waals surface area contributed by atoms with Gasteiger partial charge in [0.25, 0.3) is 0 Å². The van der Waals surface area contributed by atoms with Crippen LogP contribution < -0.4 is 25.0 Å². The van der Waals surface area contributed by atoms with Crippen molar-refractivity contribution in [2.45, 2.75) is 42.7 Å². The Kier molecular flexibility index (Phi) is 8.87. The van der Waals surface area contributed by atoms with E-state index in [1.165, 1.54) is 6.20 Å². The zero-order valence-corrected chi connectivity index (χ0v) is 26.0. The molecule has 0 unspecified atom stereocenters. The monoisotopic (exact) mass is 627 g/mol. The first-order valence-corrected chi connectivity index (χ1v) is 16.6. The summed E-state index contributed by atoms with van der Waals surface area (Å²) in [6, 6.07) is 11.1. The minimum absolute atomic E-state index is 0.0135. The highest BCUT2D eigenvalue weighted by atomic mass is 35.5. The standard InChI is InChI=1S/C29H38ClN9O3S/c1-37-15-17-38(18-16-37)21-11-13-39(14-12-21)26-10-9-24(28(34-26)42-2)33-29-31-19-22(30)27(35-29)32-23-5-3-4-6-25(23)43(40,41)36-20-7-8-20/h3-6,9-10,19-21,36H,7-8,11-18H2,1-2H3,(H2,31,32,33,35). The van der Waals surface area contributed by atoms with E-state index in [9.17, 15) is 8.42 Å². The van der Waals surface area contributed by atoms with E-state index in [2.05, 4.69) is 47.1 Å². The molecule has 0 atom stereocenters. The minimum atomic E-state index is -3.70. The lowest BCUT2D eigenvalue weighted by Gasteiger charge is -2.42. The maximum absolute atomic E-state index is 12.9. The van der Waals surface area contributed by atoms with Crippen molar-refractivity contribution in [3.8, 4) is 5.88 Å². The summed E-state index contributed by atoms with van der Waals surface area (Å²) in [5.74, 6) is 1.81. The summed E-state index contributed by atoms with van der Waals surface area (Å²) in [5.41, 5.74) is 0.964. The minimum Gasteiger partial charge on any atom is -0.479 e. The fourth-order valence-electron chi connectivity index (χ4n) is 5.56. The summed E-state index contributed by atoms with van der Waals surface area (Å²) in [7, 11) is 0.0727. The number of pyridine rings is 1. The molecular formula is C29H38ClN9O3S. The van der Waals surface area contributed by atoms with Crippen molar-refractivity contribution < 1.29 is 13.2 Å². The number of methoxy groups -OCH3 is 1. The highest BCUT2D eigenvalue weighted by molar-refractivity contribution is 7.89. The number of halogens is 1. The molecule has 1 saturated carbocycles. The average molecular weight is 628 g/mol. The molecule has 1 aromatic carbocycles. The number of benzene rings is 1. The van der Waals surface area contributed by atoms with Crippen molar-refractivity contribution in [3.05, 3.63) is 47.6 Å². The molecule has 1 aliphatic carbocycles. The van der Waals surface area contributed by atoms with E-state index in [1.807, 2.05) is 12.1 Å². The zero-order valence-electron chi connectivity index (χ0n) is 24.5. The first-order chi connectivity index (χ1) is 20.8. The van der Waals surface area contributed by atoms with Crippen LogP contribution >= 0.6 is 11.6 Å². The van der Waals surface area contributed by atoms with Gasteiger partial charge < -0.3 is 25.2 Å².